The van der Waals surface area contributed by atoms with Gasteiger partial charge in [-0.15, -0.1) is 11.6 Å². The SMILES string of the molecule is C[SiH](CCCl)C(C)(C)C. The summed E-state index contributed by atoms with van der Waals surface area (Å²) in [4.78, 5) is 0. The van der Waals surface area contributed by atoms with Crippen LogP contribution in [0.3, 0.4) is 0 Å². The van der Waals surface area contributed by atoms with Crippen LogP contribution >= 0.6 is 11.6 Å². The molecule has 0 radical (unpaired) electrons. The van der Waals surface area contributed by atoms with Crippen LogP contribution in [-0.4, -0.2) is 14.7 Å². The Bertz CT molecular complexity index is 75.5. The first-order valence-corrected chi connectivity index (χ1v) is 6.62. The van der Waals surface area contributed by atoms with Gasteiger partial charge in [0.2, 0.25) is 0 Å². The summed E-state index contributed by atoms with van der Waals surface area (Å²) in [6, 6.07) is 1.27. The highest BCUT2D eigenvalue weighted by atomic mass is 35.5. The van der Waals surface area contributed by atoms with Crippen LogP contribution in [0.4, 0.5) is 0 Å². The maximum Gasteiger partial charge on any atom is 0.0403 e. The predicted molar refractivity (Wildman–Crippen MR) is 48.3 cm³/mol. The molecule has 0 N–H and O–H groups in total. The fourth-order valence-corrected chi connectivity index (χ4v) is 2.77. The summed E-state index contributed by atoms with van der Waals surface area (Å²) >= 11 is 5.64. The van der Waals surface area contributed by atoms with E-state index in [1.807, 2.05) is 0 Å². The molecule has 0 aliphatic rings. The smallest absolute Gasteiger partial charge is 0.0403 e. The van der Waals surface area contributed by atoms with Crippen LogP contribution in [0.25, 0.3) is 0 Å². The lowest BCUT2D eigenvalue weighted by molar-refractivity contribution is 0.735. The van der Waals surface area contributed by atoms with Gasteiger partial charge in [0.25, 0.3) is 0 Å². The molecule has 0 aromatic heterocycles. The largest absolute Gasteiger partial charge is 0.127 e. The highest BCUT2D eigenvalue weighted by molar-refractivity contribution is 6.61. The first-order chi connectivity index (χ1) is 3.98. The van der Waals surface area contributed by atoms with Crippen molar-refractivity contribution in [3.05, 3.63) is 0 Å². The predicted octanol–water partition coefficient (Wildman–Crippen LogP) is 2.88. The van der Waals surface area contributed by atoms with Crippen molar-refractivity contribution in [3.63, 3.8) is 0 Å². The molecule has 0 rings (SSSR count). The van der Waals surface area contributed by atoms with Gasteiger partial charge in [0.15, 0.2) is 0 Å². The van der Waals surface area contributed by atoms with Crippen molar-refractivity contribution in [1.82, 2.24) is 0 Å². The minimum atomic E-state index is -0.522. The average molecular weight is 165 g/mol. The first kappa shape index (κ1) is 9.51. The van der Waals surface area contributed by atoms with E-state index in [-0.39, 0.29) is 0 Å². The van der Waals surface area contributed by atoms with Gasteiger partial charge in [0.05, 0.1) is 0 Å². The fraction of sp³-hybridized carbons (Fsp3) is 1.00. The quantitative estimate of drug-likeness (QED) is 0.435. The monoisotopic (exact) mass is 164 g/mol. The molecule has 1 atom stereocenters. The van der Waals surface area contributed by atoms with Crippen molar-refractivity contribution >= 4 is 20.4 Å². The highest BCUT2D eigenvalue weighted by Crippen LogP contribution is 2.28. The van der Waals surface area contributed by atoms with Crippen LogP contribution in [-0.2, 0) is 0 Å². The van der Waals surface area contributed by atoms with E-state index < -0.39 is 8.80 Å². The standard InChI is InChI=1S/C7H17ClSi/c1-7(2,3)9(4)6-5-8/h9H,5-6H2,1-4H3. The number of halogens is 1. The Labute approximate surface area is 65.2 Å². The molecular formula is C7H17ClSi. The zero-order valence-electron chi connectivity index (χ0n) is 6.87. The summed E-state index contributed by atoms with van der Waals surface area (Å²) in [7, 11) is -0.522. The topological polar surface area (TPSA) is 0 Å². The molecule has 0 amide bonds. The Morgan fingerprint density at radius 1 is 1.33 bits per heavy atom. The molecule has 1 unspecified atom stereocenters. The second kappa shape index (κ2) is 3.62. The van der Waals surface area contributed by atoms with Crippen LogP contribution in [0.15, 0.2) is 0 Å². The summed E-state index contributed by atoms with van der Waals surface area (Å²) < 4.78 is 0. The maximum absolute atomic E-state index is 5.64. The zero-order chi connectivity index (χ0) is 7.49. The molecule has 0 nitrogen and oxygen atoms in total. The van der Waals surface area contributed by atoms with Gasteiger partial charge < -0.3 is 0 Å². The lowest BCUT2D eigenvalue weighted by Crippen LogP contribution is -2.21. The van der Waals surface area contributed by atoms with Gasteiger partial charge >= 0.3 is 0 Å². The van der Waals surface area contributed by atoms with Crippen LogP contribution in [0.5, 0.6) is 0 Å². The summed E-state index contributed by atoms with van der Waals surface area (Å²) in [6.45, 7) is 9.34. The molecule has 2 heteroatoms. The molecule has 0 fully saturated rings. The second-order valence-corrected chi connectivity index (χ2v) is 8.23. The van der Waals surface area contributed by atoms with Gasteiger partial charge in [0.1, 0.15) is 0 Å². The molecule has 0 aromatic rings. The normalized spacial score (nSPS) is 15.7. The van der Waals surface area contributed by atoms with Crippen LogP contribution in [0, 0.1) is 0 Å². The number of alkyl halides is 1. The Kier molecular flexibility index (Phi) is 3.82. The minimum Gasteiger partial charge on any atom is -0.127 e. The number of hydrogen-bond donors (Lipinski definition) is 0. The van der Waals surface area contributed by atoms with Crippen molar-refractivity contribution in [3.8, 4) is 0 Å². The molecule has 9 heavy (non-hydrogen) atoms. The van der Waals surface area contributed by atoms with Crippen molar-refractivity contribution in [1.29, 1.82) is 0 Å². The Morgan fingerprint density at radius 3 is 1.89 bits per heavy atom. The van der Waals surface area contributed by atoms with E-state index in [9.17, 15) is 0 Å². The van der Waals surface area contributed by atoms with Crippen molar-refractivity contribution in [2.45, 2.75) is 38.4 Å². The van der Waals surface area contributed by atoms with Crippen LogP contribution < -0.4 is 0 Å². The molecular weight excluding hydrogens is 148 g/mol. The fourth-order valence-electron chi connectivity index (χ4n) is 0.597. The van der Waals surface area contributed by atoms with E-state index in [1.165, 1.54) is 6.04 Å². The third kappa shape index (κ3) is 3.99. The summed E-state index contributed by atoms with van der Waals surface area (Å²) in [6.07, 6.45) is 0. The van der Waals surface area contributed by atoms with Crippen LogP contribution in [0.1, 0.15) is 20.8 Å². The summed E-state index contributed by atoms with van der Waals surface area (Å²) in [5.41, 5.74) is 0. The molecule has 56 valence electrons. The highest BCUT2D eigenvalue weighted by Gasteiger charge is 2.19. The maximum atomic E-state index is 5.64. The van der Waals surface area contributed by atoms with E-state index in [4.69, 9.17) is 11.6 Å². The molecule has 0 spiro atoms. The molecule has 0 aliphatic carbocycles. The van der Waals surface area contributed by atoms with Crippen molar-refractivity contribution < 1.29 is 0 Å². The molecule has 0 saturated carbocycles. The van der Waals surface area contributed by atoms with Gasteiger partial charge in [-0.3, -0.25) is 0 Å². The summed E-state index contributed by atoms with van der Waals surface area (Å²) in [5, 5.41) is 0.564. The van der Waals surface area contributed by atoms with E-state index in [0.717, 1.165) is 5.88 Å². The third-order valence-corrected chi connectivity index (χ3v) is 6.72. The van der Waals surface area contributed by atoms with Gasteiger partial charge in [-0.05, 0) is 11.1 Å². The third-order valence-electron chi connectivity index (χ3n) is 2.02. The Balaban J connectivity index is 3.59. The lowest BCUT2D eigenvalue weighted by atomic mass is 10.2. The van der Waals surface area contributed by atoms with E-state index >= 15 is 0 Å². The van der Waals surface area contributed by atoms with Crippen molar-refractivity contribution in [2.75, 3.05) is 5.88 Å². The van der Waals surface area contributed by atoms with E-state index in [0.29, 0.717) is 5.04 Å². The number of hydrogen-bond acceptors (Lipinski definition) is 0. The van der Waals surface area contributed by atoms with Gasteiger partial charge in [-0.1, -0.05) is 27.3 Å². The van der Waals surface area contributed by atoms with Crippen molar-refractivity contribution in [2.24, 2.45) is 0 Å². The summed E-state index contributed by atoms with van der Waals surface area (Å²) in [5.74, 6) is 0.852. The van der Waals surface area contributed by atoms with Crippen LogP contribution in [0.2, 0.25) is 17.6 Å². The first-order valence-electron chi connectivity index (χ1n) is 3.54. The molecule has 0 bridgehead atoms. The molecule has 0 aliphatic heterocycles. The number of rotatable bonds is 2. The molecule has 0 aromatic carbocycles. The zero-order valence-corrected chi connectivity index (χ0v) is 8.78. The molecule has 0 heterocycles. The van der Waals surface area contributed by atoms with Gasteiger partial charge in [-0.2, -0.15) is 0 Å². The van der Waals surface area contributed by atoms with E-state index in [1.54, 1.807) is 0 Å². The Morgan fingerprint density at radius 2 is 1.78 bits per heavy atom. The minimum absolute atomic E-state index is 0.522. The lowest BCUT2D eigenvalue weighted by Gasteiger charge is -2.24. The van der Waals surface area contributed by atoms with Gasteiger partial charge in [-0.25, -0.2) is 0 Å². The second-order valence-electron chi connectivity index (χ2n) is 3.74. The average Bonchev–Trinajstić information content (AvgIpc) is 1.64. The Hall–Kier alpha value is 0.507. The van der Waals surface area contributed by atoms with E-state index in [2.05, 4.69) is 27.3 Å². The molecule has 0 saturated heterocycles. The van der Waals surface area contributed by atoms with Gasteiger partial charge in [0, 0.05) is 14.7 Å².